The van der Waals surface area contributed by atoms with Crippen LogP contribution >= 0.6 is 0 Å². The summed E-state index contributed by atoms with van der Waals surface area (Å²) in [6.45, 7) is 1.98. The first-order chi connectivity index (χ1) is 13.6. The fourth-order valence-corrected chi connectivity index (χ4v) is 2.65. The maximum absolute atomic E-state index is 13.3. The monoisotopic (exact) mass is 378 g/mol. The number of amides is 1. The van der Waals surface area contributed by atoms with Crippen LogP contribution in [0.3, 0.4) is 0 Å². The summed E-state index contributed by atoms with van der Waals surface area (Å²) < 4.78 is 20.5. The first kappa shape index (κ1) is 17.5. The Bertz CT molecular complexity index is 1160. The van der Waals surface area contributed by atoms with E-state index in [0.717, 1.165) is 18.3 Å². The Kier molecular flexibility index (Phi) is 4.63. The van der Waals surface area contributed by atoms with Crippen LogP contribution < -0.4 is 10.1 Å². The molecule has 0 aliphatic heterocycles. The number of fused-ring (bicyclic) bond motifs is 1. The Morgan fingerprint density at radius 2 is 2.14 bits per heavy atom. The van der Waals surface area contributed by atoms with Gasteiger partial charge < -0.3 is 10.1 Å². The third-order valence-corrected chi connectivity index (χ3v) is 3.94. The maximum atomic E-state index is 13.3. The highest BCUT2D eigenvalue weighted by molar-refractivity contribution is 6.08. The molecule has 0 fully saturated rings. The minimum absolute atomic E-state index is 0.205. The van der Waals surface area contributed by atoms with E-state index in [4.69, 9.17) is 4.74 Å². The topological polar surface area (TPSA) is 94.3 Å². The van der Waals surface area contributed by atoms with Crippen molar-refractivity contribution in [2.45, 2.75) is 13.3 Å². The first-order valence-electron chi connectivity index (χ1n) is 8.51. The van der Waals surface area contributed by atoms with Crippen LogP contribution in [0.1, 0.15) is 23.0 Å². The third kappa shape index (κ3) is 3.63. The first-order valence-corrected chi connectivity index (χ1v) is 8.51. The van der Waals surface area contributed by atoms with Crippen molar-refractivity contribution in [2.24, 2.45) is 0 Å². The molecule has 0 saturated heterocycles. The van der Waals surface area contributed by atoms with E-state index in [0.29, 0.717) is 17.2 Å². The van der Waals surface area contributed by atoms with Crippen molar-refractivity contribution in [1.82, 2.24) is 24.6 Å². The van der Waals surface area contributed by atoms with Crippen LogP contribution in [-0.2, 0) is 6.42 Å². The van der Waals surface area contributed by atoms with Crippen LogP contribution in [0.15, 0.2) is 55.2 Å². The van der Waals surface area contributed by atoms with Gasteiger partial charge in [0.1, 0.15) is 29.5 Å². The number of rotatable bonds is 5. The van der Waals surface area contributed by atoms with Crippen LogP contribution in [0.5, 0.6) is 11.5 Å². The molecule has 0 saturated carbocycles. The standard InChI is InChI=1S/C19H15FN6O2/c1-2-13-4-3-5-17(23-13)24-19(27)16-7-15(10-26-11-22-25-18(16)26)28-14-6-12(20)8-21-9-14/h3-11H,2H2,1H3,(H,23,24,27). The number of hydrogen-bond donors (Lipinski definition) is 1. The molecule has 4 heterocycles. The average molecular weight is 378 g/mol. The molecular formula is C19H15FN6O2. The average Bonchev–Trinajstić information content (AvgIpc) is 3.16. The summed E-state index contributed by atoms with van der Waals surface area (Å²) in [5, 5.41) is 10.6. The molecule has 1 amide bonds. The summed E-state index contributed by atoms with van der Waals surface area (Å²) in [5.74, 6) is 0.00294. The second kappa shape index (κ2) is 7.39. The molecule has 0 atom stereocenters. The summed E-state index contributed by atoms with van der Waals surface area (Å²) >= 11 is 0. The van der Waals surface area contributed by atoms with Crippen molar-refractivity contribution in [3.05, 3.63) is 72.3 Å². The summed E-state index contributed by atoms with van der Waals surface area (Å²) in [6.07, 6.45) is 6.24. The van der Waals surface area contributed by atoms with E-state index in [-0.39, 0.29) is 11.3 Å². The molecule has 1 N–H and O–H groups in total. The number of ether oxygens (including phenoxy) is 1. The van der Waals surface area contributed by atoms with Gasteiger partial charge in [0, 0.05) is 11.8 Å². The lowest BCUT2D eigenvalue weighted by Gasteiger charge is -2.10. The molecule has 0 aromatic carbocycles. The van der Waals surface area contributed by atoms with E-state index in [1.807, 2.05) is 19.1 Å². The summed E-state index contributed by atoms with van der Waals surface area (Å²) in [7, 11) is 0. The van der Waals surface area contributed by atoms with Gasteiger partial charge in [-0.3, -0.25) is 14.2 Å². The molecule has 0 bridgehead atoms. The molecule has 4 rings (SSSR count). The predicted molar refractivity (Wildman–Crippen MR) is 98.8 cm³/mol. The molecule has 28 heavy (non-hydrogen) atoms. The Balaban J connectivity index is 1.67. The van der Waals surface area contributed by atoms with Gasteiger partial charge in [0.05, 0.1) is 24.2 Å². The van der Waals surface area contributed by atoms with E-state index in [9.17, 15) is 9.18 Å². The van der Waals surface area contributed by atoms with Gasteiger partial charge in [-0.2, -0.15) is 0 Å². The number of carbonyl (C=O) groups is 1. The quantitative estimate of drug-likeness (QED) is 0.573. The lowest BCUT2D eigenvalue weighted by atomic mass is 10.2. The van der Waals surface area contributed by atoms with E-state index >= 15 is 0 Å². The fraction of sp³-hybridized carbons (Fsp3) is 0.105. The van der Waals surface area contributed by atoms with Gasteiger partial charge in [-0.05, 0) is 24.6 Å². The minimum atomic E-state index is -0.525. The van der Waals surface area contributed by atoms with Gasteiger partial charge in [-0.15, -0.1) is 10.2 Å². The summed E-state index contributed by atoms with van der Waals surface area (Å²) in [6, 6.07) is 8.12. The van der Waals surface area contributed by atoms with E-state index < -0.39 is 11.7 Å². The van der Waals surface area contributed by atoms with Crippen molar-refractivity contribution in [1.29, 1.82) is 0 Å². The number of hydrogen-bond acceptors (Lipinski definition) is 6. The predicted octanol–water partition coefficient (Wildman–Crippen LogP) is 3.27. The van der Waals surface area contributed by atoms with Crippen LogP contribution in [0.25, 0.3) is 5.65 Å². The Labute approximate surface area is 159 Å². The van der Waals surface area contributed by atoms with Gasteiger partial charge in [-0.25, -0.2) is 9.37 Å². The highest BCUT2D eigenvalue weighted by atomic mass is 19.1. The van der Waals surface area contributed by atoms with Gasteiger partial charge in [0.2, 0.25) is 0 Å². The highest BCUT2D eigenvalue weighted by Crippen LogP contribution is 2.24. The fourth-order valence-electron chi connectivity index (χ4n) is 2.65. The highest BCUT2D eigenvalue weighted by Gasteiger charge is 2.16. The van der Waals surface area contributed by atoms with E-state index in [1.54, 1.807) is 16.7 Å². The van der Waals surface area contributed by atoms with Crippen molar-refractivity contribution in [2.75, 3.05) is 5.32 Å². The van der Waals surface area contributed by atoms with Gasteiger partial charge in [-0.1, -0.05) is 13.0 Å². The second-order valence-corrected chi connectivity index (χ2v) is 5.91. The Morgan fingerprint density at radius 3 is 2.96 bits per heavy atom. The number of halogens is 1. The maximum Gasteiger partial charge on any atom is 0.260 e. The number of nitrogens with one attached hydrogen (secondary N) is 1. The molecule has 0 spiro atoms. The molecule has 4 aromatic rings. The number of nitrogens with zero attached hydrogens (tertiary/aromatic N) is 5. The normalized spacial score (nSPS) is 10.8. The van der Waals surface area contributed by atoms with Crippen LogP contribution in [0.4, 0.5) is 10.2 Å². The third-order valence-electron chi connectivity index (χ3n) is 3.94. The molecule has 0 unspecified atom stereocenters. The molecule has 0 aliphatic rings. The number of anilines is 1. The number of aryl methyl sites for hydroxylation is 1. The van der Waals surface area contributed by atoms with E-state index in [2.05, 4.69) is 25.5 Å². The lowest BCUT2D eigenvalue weighted by Crippen LogP contribution is -2.15. The SMILES string of the molecule is CCc1cccc(NC(=O)c2cc(Oc3cncc(F)c3)cn3cnnc23)n1. The molecule has 0 aliphatic carbocycles. The van der Waals surface area contributed by atoms with Gasteiger partial charge in [0.15, 0.2) is 5.65 Å². The molecular weight excluding hydrogens is 363 g/mol. The van der Waals surface area contributed by atoms with Crippen molar-refractivity contribution in [3.63, 3.8) is 0 Å². The Hall–Kier alpha value is -3.88. The van der Waals surface area contributed by atoms with Crippen LogP contribution in [0.2, 0.25) is 0 Å². The zero-order chi connectivity index (χ0) is 19.5. The zero-order valence-electron chi connectivity index (χ0n) is 14.8. The number of carbonyl (C=O) groups excluding carboxylic acids is 1. The lowest BCUT2D eigenvalue weighted by molar-refractivity contribution is 0.102. The van der Waals surface area contributed by atoms with Gasteiger partial charge >= 0.3 is 0 Å². The smallest absolute Gasteiger partial charge is 0.260 e. The van der Waals surface area contributed by atoms with Crippen molar-refractivity contribution < 1.29 is 13.9 Å². The van der Waals surface area contributed by atoms with E-state index in [1.165, 1.54) is 24.7 Å². The molecule has 0 radical (unpaired) electrons. The Morgan fingerprint density at radius 1 is 1.25 bits per heavy atom. The van der Waals surface area contributed by atoms with Crippen LogP contribution in [-0.4, -0.2) is 30.5 Å². The molecule has 140 valence electrons. The number of aromatic nitrogens is 5. The summed E-state index contributed by atoms with van der Waals surface area (Å²) in [5.41, 5.74) is 1.46. The van der Waals surface area contributed by atoms with Gasteiger partial charge in [0.25, 0.3) is 5.91 Å². The van der Waals surface area contributed by atoms with Crippen molar-refractivity contribution in [3.8, 4) is 11.5 Å². The van der Waals surface area contributed by atoms with Crippen molar-refractivity contribution >= 4 is 17.4 Å². The molecule has 8 nitrogen and oxygen atoms in total. The second-order valence-electron chi connectivity index (χ2n) is 5.91. The number of pyridine rings is 3. The summed E-state index contributed by atoms with van der Waals surface area (Å²) in [4.78, 5) is 20.9. The molecule has 4 aromatic heterocycles. The van der Waals surface area contributed by atoms with Crippen LogP contribution in [0, 0.1) is 5.82 Å². The largest absolute Gasteiger partial charge is 0.454 e. The minimum Gasteiger partial charge on any atom is -0.454 e. The zero-order valence-corrected chi connectivity index (χ0v) is 14.8. The molecule has 9 heteroatoms.